The molecule has 0 saturated heterocycles. The summed E-state index contributed by atoms with van der Waals surface area (Å²) in [5, 5.41) is 0.364. The molecule has 0 aromatic carbocycles. The summed E-state index contributed by atoms with van der Waals surface area (Å²) in [6.07, 6.45) is 2.42. The van der Waals surface area contributed by atoms with E-state index in [9.17, 15) is 0 Å². The van der Waals surface area contributed by atoms with E-state index < -0.39 is 0 Å². The number of hydrogen-bond acceptors (Lipinski definition) is 3. The first-order valence-electron chi connectivity index (χ1n) is 5.08. The molecule has 0 saturated carbocycles. The van der Waals surface area contributed by atoms with Gasteiger partial charge in [-0.3, -0.25) is 4.98 Å². The average molecular weight is 237 g/mol. The minimum Gasteiger partial charge on any atom is -0.448 e. The molecule has 2 rings (SSSR count). The third-order valence-electron chi connectivity index (χ3n) is 2.49. The van der Waals surface area contributed by atoms with Gasteiger partial charge in [0.05, 0.1) is 6.04 Å². The fourth-order valence-electron chi connectivity index (χ4n) is 1.57. The Hall–Kier alpha value is -1.32. The summed E-state index contributed by atoms with van der Waals surface area (Å²) in [7, 11) is 0. The zero-order valence-electron chi connectivity index (χ0n) is 8.98. The molecule has 84 valence electrons. The first-order chi connectivity index (χ1) is 7.66. The Morgan fingerprint density at radius 1 is 1.44 bits per heavy atom. The van der Waals surface area contributed by atoms with Gasteiger partial charge in [0.25, 0.3) is 0 Å². The van der Waals surface area contributed by atoms with Crippen molar-refractivity contribution in [1.29, 1.82) is 0 Å². The number of aryl methyl sites for hydroxylation is 1. The topological polar surface area (TPSA) is 52.0 Å². The Kier molecular flexibility index (Phi) is 3.27. The molecule has 0 bridgehead atoms. The minimum atomic E-state index is -0.207. The number of pyridine rings is 1. The smallest absolute Gasteiger partial charge is 0.193 e. The molecule has 16 heavy (non-hydrogen) atoms. The number of hydrogen-bond donors (Lipinski definition) is 1. The third kappa shape index (κ3) is 2.43. The van der Waals surface area contributed by atoms with E-state index in [0.29, 0.717) is 17.4 Å². The molecule has 0 aliphatic carbocycles. The molecule has 2 aromatic heterocycles. The molecular formula is C12H13ClN2O. The fraction of sp³-hybridized carbons (Fsp3) is 0.250. The van der Waals surface area contributed by atoms with Crippen LogP contribution in [0.2, 0.25) is 5.22 Å². The standard InChI is InChI=1S/C12H13ClN2O/c1-8-3-2-6-15-10(8)7-9(14)11-4-5-12(13)16-11/h2-6,9H,7,14H2,1H3. The summed E-state index contributed by atoms with van der Waals surface area (Å²) in [6, 6.07) is 7.21. The van der Waals surface area contributed by atoms with Gasteiger partial charge >= 0.3 is 0 Å². The SMILES string of the molecule is Cc1cccnc1CC(N)c1ccc(Cl)o1. The summed E-state index contributed by atoms with van der Waals surface area (Å²) in [6.45, 7) is 2.02. The van der Waals surface area contributed by atoms with Gasteiger partial charge in [-0.15, -0.1) is 0 Å². The summed E-state index contributed by atoms with van der Waals surface area (Å²) < 4.78 is 5.27. The van der Waals surface area contributed by atoms with Crippen molar-refractivity contribution in [3.8, 4) is 0 Å². The van der Waals surface area contributed by atoms with Gasteiger partial charge in [0.15, 0.2) is 5.22 Å². The molecule has 1 atom stereocenters. The Morgan fingerprint density at radius 2 is 2.25 bits per heavy atom. The maximum absolute atomic E-state index is 6.02. The van der Waals surface area contributed by atoms with E-state index in [4.69, 9.17) is 21.8 Å². The zero-order chi connectivity index (χ0) is 11.5. The van der Waals surface area contributed by atoms with Crippen LogP contribution in [0.4, 0.5) is 0 Å². The highest BCUT2D eigenvalue weighted by Crippen LogP contribution is 2.21. The molecule has 0 aliphatic rings. The van der Waals surface area contributed by atoms with Gasteiger partial charge in [0.2, 0.25) is 0 Å². The summed E-state index contributed by atoms with van der Waals surface area (Å²) >= 11 is 5.70. The lowest BCUT2D eigenvalue weighted by Crippen LogP contribution is -2.14. The average Bonchev–Trinajstić information content (AvgIpc) is 2.68. The molecule has 2 heterocycles. The second-order valence-electron chi connectivity index (χ2n) is 3.72. The van der Waals surface area contributed by atoms with E-state index in [1.54, 1.807) is 18.3 Å². The molecule has 0 fully saturated rings. The third-order valence-corrected chi connectivity index (χ3v) is 2.69. The summed E-state index contributed by atoms with van der Waals surface area (Å²) in [5.41, 5.74) is 8.14. The molecule has 4 heteroatoms. The summed E-state index contributed by atoms with van der Waals surface area (Å²) in [4.78, 5) is 4.30. The molecule has 1 unspecified atom stereocenters. The Bertz CT molecular complexity index is 481. The fourth-order valence-corrected chi connectivity index (χ4v) is 1.72. The van der Waals surface area contributed by atoms with Gasteiger partial charge in [-0.25, -0.2) is 0 Å². The van der Waals surface area contributed by atoms with Crippen LogP contribution in [0.5, 0.6) is 0 Å². The molecular weight excluding hydrogens is 224 g/mol. The highest BCUT2D eigenvalue weighted by Gasteiger charge is 2.13. The number of rotatable bonds is 3. The molecule has 2 N–H and O–H groups in total. The zero-order valence-corrected chi connectivity index (χ0v) is 9.74. The number of nitrogens with zero attached hydrogens (tertiary/aromatic N) is 1. The quantitative estimate of drug-likeness (QED) is 0.892. The number of furan rings is 1. The molecule has 2 aromatic rings. The van der Waals surface area contributed by atoms with Crippen LogP contribution in [0.3, 0.4) is 0 Å². The van der Waals surface area contributed by atoms with Crippen molar-refractivity contribution in [2.24, 2.45) is 5.73 Å². The number of halogens is 1. The van der Waals surface area contributed by atoms with Crippen molar-refractivity contribution in [2.45, 2.75) is 19.4 Å². The van der Waals surface area contributed by atoms with Gasteiger partial charge in [-0.05, 0) is 42.3 Å². The van der Waals surface area contributed by atoms with Crippen LogP contribution in [0.1, 0.15) is 23.1 Å². The van der Waals surface area contributed by atoms with Crippen LogP contribution >= 0.6 is 11.6 Å². The first kappa shape index (κ1) is 11.2. The van der Waals surface area contributed by atoms with E-state index >= 15 is 0 Å². The van der Waals surface area contributed by atoms with E-state index in [2.05, 4.69) is 4.98 Å². The van der Waals surface area contributed by atoms with E-state index in [1.807, 2.05) is 19.1 Å². The predicted octanol–water partition coefficient (Wildman–Crippen LogP) is 2.88. The van der Waals surface area contributed by atoms with Crippen molar-refractivity contribution < 1.29 is 4.42 Å². The van der Waals surface area contributed by atoms with E-state index in [0.717, 1.165) is 11.3 Å². The monoisotopic (exact) mass is 236 g/mol. The van der Waals surface area contributed by atoms with Crippen LogP contribution in [-0.2, 0) is 6.42 Å². The van der Waals surface area contributed by atoms with Crippen molar-refractivity contribution >= 4 is 11.6 Å². The minimum absolute atomic E-state index is 0.207. The van der Waals surface area contributed by atoms with Gasteiger partial charge in [-0.2, -0.15) is 0 Å². The first-order valence-corrected chi connectivity index (χ1v) is 5.46. The van der Waals surface area contributed by atoms with Crippen molar-refractivity contribution in [1.82, 2.24) is 4.98 Å². The van der Waals surface area contributed by atoms with Crippen molar-refractivity contribution in [3.05, 3.63) is 52.7 Å². The Balaban J connectivity index is 2.13. The highest BCUT2D eigenvalue weighted by atomic mass is 35.5. The van der Waals surface area contributed by atoms with Gasteiger partial charge < -0.3 is 10.2 Å². The number of aromatic nitrogens is 1. The molecule has 0 spiro atoms. The molecule has 0 aliphatic heterocycles. The van der Waals surface area contributed by atoms with Crippen molar-refractivity contribution in [2.75, 3.05) is 0 Å². The lowest BCUT2D eigenvalue weighted by molar-refractivity contribution is 0.464. The van der Waals surface area contributed by atoms with Crippen LogP contribution < -0.4 is 5.73 Å². The molecule has 0 amide bonds. The second-order valence-corrected chi connectivity index (χ2v) is 4.09. The maximum atomic E-state index is 6.02. The van der Waals surface area contributed by atoms with Crippen LogP contribution in [0.25, 0.3) is 0 Å². The largest absolute Gasteiger partial charge is 0.448 e. The van der Waals surface area contributed by atoms with Gasteiger partial charge in [-0.1, -0.05) is 6.07 Å². The molecule has 3 nitrogen and oxygen atoms in total. The molecule has 0 radical (unpaired) electrons. The Morgan fingerprint density at radius 3 is 2.88 bits per heavy atom. The van der Waals surface area contributed by atoms with Gasteiger partial charge in [0, 0.05) is 18.3 Å². The van der Waals surface area contributed by atoms with Crippen LogP contribution in [-0.4, -0.2) is 4.98 Å². The maximum Gasteiger partial charge on any atom is 0.193 e. The second kappa shape index (κ2) is 4.68. The number of nitrogens with two attached hydrogens (primary N) is 1. The Labute approximate surface area is 99.2 Å². The van der Waals surface area contributed by atoms with Crippen LogP contribution in [0, 0.1) is 6.92 Å². The highest BCUT2D eigenvalue weighted by molar-refractivity contribution is 6.28. The predicted molar refractivity (Wildman–Crippen MR) is 63.3 cm³/mol. The van der Waals surface area contributed by atoms with E-state index in [1.165, 1.54) is 0 Å². The lowest BCUT2D eigenvalue weighted by atomic mass is 10.1. The van der Waals surface area contributed by atoms with E-state index in [-0.39, 0.29) is 6.04 Å². The van der Waals surface area contributed by atoms with Crippen molar-refractivity contribution in [3.63, 3.8) is 0 Å². The lowest BCUT2D eigenvalue weighted by Gasteiger charge is -2.09. The van der Waals surface area contributed by atoms with Crippen LogP contribution in [0.15, 0.2) is 34.9 Å². The normalized spacial score (nSPS) is 12.7. The van der Waals surface area contributed by atoms with Gasteiger partial charge in [0.1, 0.15) is 5.76 Å². The summed E-state index contributed by atoms with van der Waals surface area (Å²) in [5.74, 6) is 0.690.